The van der Waals surface area contributed by atoms with E-state index >= 15 is 0 Å². The van der Waals surface area contributed by atoms with E-state index in [0.29, 0.717) is 16.5 Å². The molecule has 104 valence electrons. The molecular formula is C14H12ClNO4. The van der Waals surface area contributed by atoms with Crippen molar-refractivity contribution < 1.29 is 19.1 Å². The van der Waals surface area contributed by atoms with Crippen molar-refractivity contribution in [2.75, 3.05) is 5.32 Å². The minimum absolute atomic E-state index is 0.00811. The van der Waals surface area contributed by atoms with Gasteiger partial charge in [0.2, 0.25) is 5.91 Å². The number of carbonyl (C=O) groups is 2. The van der Waals surface area contributed by atoms with Crippen LogP contribution in [0.15, 0.2) is 34.7 Å². The maximum Gasteiger partial charge on any atom is 0.339 e. The first kappa shape index (κ1) is 14.1. The van der Waals surface area contributed by atoms with Crippen LogP contribution in [0.2, 0.25) is 5.02 Å². The molecule has 2 rings (SSSR count). The van der Waals surface area contributed by atoms with Gasteiger partial charge in [-0.25, -0.2) is 4.79 Å². The summed E-state index contributed by atoms with van der Waals surface area (Å²) in [5, 5.41) is 12.2. The third kappa shape index (κ3) is 3.39. The second kappa shape index (κ2) is 5.79. The van der Waals surface area contributed by atoms with E-state index in [1.165, 1.54) is 6.07 Å². The number of anilines is 1. The summed E-state index contributed by atoms with van der Waals surface area (Å²) in [7, 11) is 0. The van der Waals surface area contributed by atoms with Crippen molar-refractivity contribution in [2.24, 2.45) is 0 Å². The van der Waals surface area contributed by atoms with Crippen LogP contribution in [0.4, 0.5) is 5.69 Å². The zero-order valence-corrected chi connectivity index (χ0v) is 11.4. The first-order valence-corrected chi connectivity index (χ1v) is 6.21. The van der Waals surface area contributed by atoms with Gasteiger partial charge in [-0.2, -0.15) is 0 Å². The highest BCUT2D eigenvalue weighted by Gasteiger charge is 2.18. The van der Waals surface area contributed by atoms with Gasteiger partial charge in [0.15, 0.2) is 0 Å². The van der Waals surface area contributed by atoms with Gasteiger partial charge in [-0.3, -0.25) is 4.79 Å². The van der Waals surface area contributed by atoms with Crippen LogP contribution >= 0.6 is 11.6 Å². The number of hydrogen-bond donors (Lipinski definition) is 2. The summed E-state index contributed by atoms with van der Waals surface area (Å²) in [5.41, 5.74) is 0.591. The Morgan fingerprint density at radius 1 is 1.30 bits per heavy atom. The molecule has 0 fully saturated rings. The third-order valence-corrected chi connectivity index (χ3v) is 2.86. The Hall–Kier alpha value is -2.27. The molecule has 1 amide bonds. The van der Waals surface area contributed by atoms with Gasteiger partial charge >= 0.3 is 5.97 Å². The number of amides is 1. The lowest BCUT2D eigenvalue weighted by Gasteiger charge is -2.04. The molecule has 0 saturated carbocycles. The number of halogens is 1. The van der Waals surface area contributed by atoms with Crippen molar-refractivity contribution in [3.8, 4) is 0 Å². The molecule has 1 heterocycles. The Morgan fingerprint density at radius 2 is 1.95 bits per heavy atom. The summed E-state index contributed by atoms with van der Waals surface area (Å²) in [5.74, 6) is -0.876. The van der Waals surface area contributed by atoms with Crippen LogP contribution in [-0.4, -0.2) is 17.0 Å². The Labute approximate surface area is 120 Å². The number of hydrogen-bond acceptors (Lipinski definition) is 3. The lowest BCUT2D eigenvalue weighted by molar-refractivity contribution is -0.115. The maximum atomic E-state index is 11.9. The fourth-order valence-corrected chi connectivity index (χ4v) is 1.89. The van der Waals surface area contributed by atoms with Gasteiger partial charge in [0.1, 0.15) is 17.1 Å². The van der Waals surface area contributed by atoms with Gasteiger partial charge in [0.05, 0.1) is 6.42 Å². The number of aromatic carboxylic acids is 1. The number of furan rings is 1. The quantitative estimate of drug-likeness (QED) is 0.907. The van der Waals surface area contributed by atoms with Crippen molar-refractivity contribution in [3.63, 3.8) is 0 Å². The first-order chi connectivity index (χ1) is 9.45. The minimum Gasteiger partial charge on any atom is -0.478 e. The molecule has 1 aromatic carbocycles. The van der Waals surface area contributed by atoms with Crippen LogP contribution in [0.5, 0.6) is 0 Å². The van der Waals surface area contributed by atoms with Gasteiger partial charge in [-0.1, -0.05) is 11.6 Å². The molecule has 0 unspecified atom stereocenters. The van der Waals surface area contributed by atoms with Crippen molar-refractivity contribution in [3.05, 3.63) is 52.4 Å². The number of benzene rings is 1. The summed E-state index contributed by atoms with van der Waals surface area (Å²) in [4.78, 5) is 22.9. The lowest BCUT2D eigenvalue weighted by atomic mass is 10.2. The second-order valence-corrected chi connectivity index (χ2v) is 4.67. The summed E-state index contributed by atoms with van der Waals surface area (Å²) >= 11 is 5.74. The molecule has 5 nitrogen and oxygen atoms in total. The third-order valence-electron chi connectivity index (χ3n) is 2.61. The molecule has 2 aromatic rings. The van der Waals surface area contributed by atoms with E-state index in [9.17, 15) is 9.59 Å². The summed E-state index contributed by atoms with van der Waals surface area (Å²) in [6.45, 7) is 1.63. The molecule has 0 spiro atoms. The smallest absolute Gasteiger partial charge is 0.339 e. The molecule has 0 saturated heterocycles. The predicted molar refractivity (Wildman–Crippen MR) is 74.2 cm³/mol. The van der Waals surface area contributed by atoms with E-state index in [1.807, 2.05) is 0 Å². The van der Waals surface area contributed by atoms with E-state index in [-0.39, 0.29) is 23.7 Å². The highest BCUT2D eigenvalue weighted by atomic mass is 35.5. The monoisotopic (exact) mass is 293 g/mol. The normalized spacial score (nSPS) is 10.3. The van der Waals surface area contributed by atoms with Crippen molar-refractivity contribution >= 4 is 29.2 Å². The zero-order valence-electron chi connectivity index (χ0n) is 10.6. The van der Waals surface area contributed by atoms with Crippen molar-refractivity contribution in [1.29, 1.82) is 0 Å². The standard InChI is InChI=1S/C14H12ClNO4/c1-8-6-11(14(18)19)12(20-8)7-13(17)16-10-4-2-9(15)3-5-10/h2-6H,7H2,1H3,(H,16,17)(H,18,19). The summed E-state index contributed by atoms with van der Waals surface area (Å²) in [6, 6.07) is 8.01. The van der Waals surface area contributed by atoms with E-state index in [0.717, 1.165) is 0 Å². The molecule has 20 heavy (non-hydrogen) atoms. The molecular weight excluding hydrogens is 282 g/mol. The average Bonchev–Trinajstić information content (AvgIpc) is 2.73. The van der Waals surface area contributed by atoms with Crippen LogP contribution in [0, 0.1) is 6.92 Å². The molecule has 0 bridgehead atoms. The SMILES string of the molecule is Cc1cc(C(=O)O)c(CC(=O)Nc2ccc(Cl)cc2)o1. The van der Waals surface area contributed by atoms with Crippen molar-refractivity contribution in [1.82, 2.24) is 0 Å². The van der Waals surface area contributed by atoms with Crippen LogP contribution in [-0.2, 0) is 11.2 Å². The Morgan fingerprint density at radius 3 is 2.55 bits per heavy atom. The first-order valence-electron chi connectivity index (χ1n) is 5.83. The van der Waals surface area contributed by atoms with E-state index in [2.05, 4.69) is 5.32 Å². The Bertz CT molecular complexity index is 646. The number of carbonyl (C=O) groups excluding carboxylic acids is 1. The molecule has 1 aromatic heterocycles. The molecule has 0 aliphatic heterocycles. The number of rotatable bonds is 4. The molecule has 0 radical (unpaired) electrons. The lowest BCUT2D eigenvalue weighted by Crippen LogP contribution is -2.15. The van der Waals surface area contributed by atoms with Gasteiger partial charge in [-0.05, 0) is 37.3 Å². The number of carboxylic acid groups (broad SMARTS) is 1. The van der Waals surface area contributed by atoms with Gasteiger partial charge in [0.25, 0.3) is 0 Å². The summed E-state index contributed by atoms with van der Waals surface area (Å²) in [6.07, 6.45) is -0.141. The Kier molecular flexibility index (Phi) is 4.10. The van der Waals surface area contributed by atoms with Gasteiger partial charge < -0.3 is 14.8 Å². The number of carboxylic acids is 1. The van der Waals surface area contributed by atoms with Crippen LogP contribution in [0.3, 0.4) is 0 Å². The summed E-state index contributed by atoms with van der Waals surface area (Å²) < 4.78 is 5.24. The second-order valence-electron chi connectivity index (χ2n) is 4.23. The molecule has 2 N–H and O–H groups in total. The average molecular weight is 294 g/mol. The Balaban J connectivity index is 2.08. The van der Waals surface area contributed by atoms with E-state index in [4.69, 9.17) is 21.1 Å². The molecule has 0 aliphatic carbocycles. The molecule has 6 heteroatoms. The largest absolute Gasteiger partial charge is 0.478 e. The fraction of sp³-hybridized carbons (Fsp3) is 0.143. The molecule has 0 aliphatic rings. The fourth-order valence-electron chi connectivity index (χ4n) is 1.76. The minimum atomic E-state index is -1.11. The predicted octanol–water partition coefficient (Wildman–Crippen LogP) is 3.12. The number of nitrogens with one attached hydrogen (secondary N) is 1. The van der Waals surface area contributed by atoms with Gasteiger partial charge in [-0.15, -0.1) is 0 Å². The van der Waals surface area contributed by atoms with Crippen LogP contribution < -0.4 is 5.32 Å². The maximum absolute atomic E-state index is 11.9. The zero-order chi connectivity index (χ0) is 14.7. The van der Waals surface area contributed by atoms with Crippen LogP contribution in [0.1, 0.15) is 21.9 Å². The number of aryl methyl sites for hydroxylation is 1. The van der Waals surface area contributed by atoms with E-state index in [1.54, 1.807) is 31.2 Å². The van der Waals surface area contributed by atoms with Gasteiger partial charge in [0, 0.05) is 10.7 Å². The highest BCUT2D eigenvalue weighted by molar-refractivity contribution is 6.30. The van der Waals surface area contributed by atoms with Crippen molar-refractivity contribution in [2.45, 2.75) is 13.3 Å². The topological polar surface area (TPSA) is 79.5 Å². The van der Waals surface area contributed by atoms with E-state index < -0.39 is 5.97 Å². The molecule has 0 atom stereocenters. The van der Waals surface area contributed by atoms with Crippen LogP contribution in [0.25, 0.3) is 0 Å². The highest BCUT2D eigenvalue weighted by Crippen LogP contribution is 2.17.